The van der Waals surface area contributed by atoms with E-state index in [1.807, 2.05) is 103 Å². The molecule has 204 valence electrons. The highest BCUT2D eigenvalue weighted by Crippen LogP contribution is 2.34. The van der Waals surface area contributed by atoms with Gasteiger partial charge in [-0.2, -0.15) is 5.10 Å². The highest BCUT2D eigenvalue weighted by atomic mass is 16.5. The van der Waals surface area contributed by atoms with Gasteiger partial charge in [0.1, 0.15) is 17.9 Å². The normalized spacial score (nSPS) is 11.0. The summed E-state index contributed by atoms with van der Waals surface area (Å²) in [5, 5.41) is 5.19. The van der Waals surface area contributed by atoms with Crippen LogP contribution in [0.4, 0.5) is 17.1 Å². The smallest absolute Gasteiger partial charge is 0.271 e. The Bertz CT molecular complexity index is 1760. The maximum atomic E-state index is 12.7. The van der Waals surface area contributed by atoms with Crippen molar-refractivity contribution in [1.29, 1.82) is 0 Å². The Labute approximate surface area is 244 Å². The van der Waals surface area contributed by atoms with Gasteiger partial charge in [0.15, 0.2) is 0 Å². The van der Waals surface area contributed by atoms with Gasteiger partial charge < -0.3 is 9.64 Å². The summed E-state index contributed by atoms with van der Waals surface area (Å²) in [5.41, 5.74) is 8.94. The van der Waals surface area contributed by atoms with Crippen molar-refractivity contribution < 1.29 is 9.53 Å². The first-order valence-electron chi connectivity index (χ1n) is 13.6. The second-order valence-corrected chi connectivity index (χ2v) is 9.61. The maximum Gasteiger partial charge on any atom is 0.271 e. The van der Waals surface area contributed by atoms with Crippen LogP contribution in [0.1, 0.15) is 21.5 Å². The van der Waals surface area contributed by atoms with Gasteiger partial charge in [0.05, 0.1) is 6.21 Å². The van der Waals surface area contributed by atoms with Crippen molar-refractivity contribution in [1.82, 2.24) is 10.4 Å². The molecule has 5 aromatic carbocycles. The number of hydrogen-bond donors (Lipinski definition) is 1. The standard InChI is InChI=1S/C36H28N4O2/c41-36(30-20-16-28(17-21-30)26-42-34-15-7-9-29-10-8-24-37-35(29)34)39-38-25-27-18-22-33(23-19-27)40(31-11-3-1-4-12-31)32-13-5-2-6-14-32/h1-25H,26H2,(H,39,41)/b38-25-. The highest BCUT2D eigenvalue weighted by Gasteiger charge is 2.11. The number of ether oxygens (including phenoxy) is 1. The summed E-state index contributed by atoms with van der Waals surface area (Å²) in [5.74, 6) is 0.443. The summed E-state index contributed by atoms with van der Waals surface area (Å²) in [6.07, 6.45) is 3.39. The van der Waals surface area contributed by atoms with Crippen molar-refractivity contribution >= 4 is 40.1 Å². The fourth-order valence-electron chi connectivity index (χ4n) is 4.65. The Morgan fingerprint density at radius 3 is 2.05 bits per heavy atom. The molecule has 0 bridgehead atoms. The molecule has 1 aromatic heterocycles. The van der Waals surface area contributed by atoms with Crippen molar-refractivity contribution in [2.75, 3.05) is 4.90 Å². The highest BCUT2D eigenvalue weighted by molar-refractivity contribution is 5.95. The van der Waals surface area contributed by atoms with E-state index in [-0.39, 0.29) is 5.91 Å². The van der Waals surface area contributed by atoms with Gasteiger partial charge in [-0.05, 0) is 71.8 Å². The molecule has 6 rings (SSSR count). The van der Waals surface area contributed by atoms with Gasteiger partial charge in [0.2, 0.25) is 0 Å². The quantitative estimate of drug-likeness (QED) is 0.147. The number of hydrazone groups is 1. The average molecular weight is 549 g/mol. The molecular weight excluding hydrogens is 520 g/mol. The number of nitrogens with one attached hydrogen (secondary N) is 1. The van der Waals surface area contributed by atoms with Gasteiger partial charge in [0, 0.05) is 34.2 Å². The lowest BCUT2D eigenvalue weighted by Crippen LogP contribution is -2.17. The minimum Gasteiger partial charge on any atom is -0.487 e. The zero-order valence-corrected chi connectivity index (χ0v) is 22.8. The number of para-hydroxylation sites is 3. The summed E-state index contributed by atoms with van der Waals surface area (Å²) < 4.78 is 6.00. The molecule has 6 heteroatoms. The third kappa shape index (κ3) is 6.18. The Kier molecular flexibility index (Phi) is 7.95. The summed E-state index contributed by atoms with van der Waals surface area (Å²) in [6, 6.07) is 45.6. The van der Waals surface area contributed by atoms with Crippen LogP contribution in [0.3, 0.4) is 0 Å². The summed E-state index contributed by atoms with van der Waals surface area (Å²) >= 11 is 0. The number of hydrogen-bond acceptors (Lipinski definition) is 5. The molecular formula is C36H28N4O2. The van der Waals surface area contributed by atoms with E-state index >= 15 is 0 Å². The zero-order valence-electron chi connectivity index (χ0n) is 22.8. The number of pyridine rings is 1. The molecule has 0 aliphatic rings. The molecule has 6 aromatic rings. The molecule has 1 amide bonds. The van der Waals surface area contributed by atoms with Crippen LogP contribution in [0.2, 0.25) is 0 Å². The topological polar surface area (TPSA) is 66.8 Å². The number of amides is 1. The molecule has 0 saturated heterocycles. The van der Waals surface area contributed by atoms with Crippen molar-refractivity contribution in [3.05, 3.63) is 162 Å². The van der Waals surface area contributed by atoms with Gasteiger partial charge in [-0.3, -0.25) is 9.78 Å². The van der Waals surface area contributed by atoms with Crippen molar-refractivity contribution in [2.24, 2.45) is 5.10 Å². The van der Waals surface area contributed by atoms with E-state index in [1.54, 1.807) is 24.5 Å². The van der Waals surface area contributed by atoms with Crippen LogP contribution in [0, 0.1) is 0 Å². The van der Waals surface area contributed by atoms with Crippen LogP contribution < -0.4 is 15.1 Å². The predicted octanol–water partition coefficient (Wildman–Crippen LogP) is 8.05. The lowest BCUT2D eigenvalue weighted by molar-refractivity contribution is 0.0955. The second kappa shape index (κ2) is 12.6. The molecule has 1 N–H and O–H groups in total. The van der Waals surface area contributed by atoms with E-state index in [0.29, 0.717) is 12.2 Å². The largest absolute Gasteiger partial charge is 0.487 e. The van der Waals surface area contributed by atoms with Gasteiger partial charge in [-0.1, -0.05) is 78.9 Å². The first-order valence-corrected chi connectivity index (χ1v) is 13.6. The minimum absolute atomic E-state index is 0.284. The zero-order chi connectivity index (χ0) is 28.6. The van der Waals surface area contributed by atoms with Crippen molar-refractivity contribution in [3.8, 4) is 5.75 Å². The fourth-order valence-corrected chi connectivity index (χ4v) is 4.65. The first kappa shape index (κ1) is 26.5. The summed E-state index contributed by atoms with van der Waals surface area (Å²) in [4.78, 5) is 19.3. The van der Waals surface area contributed by atoms with Gasteiger partial charge in [-0.15, -0.1) is 0 Å². The van der Waals surface area contributed by atoms with Gasteiger partial charge in [-0.25, -0.2) is 5.43 Å². The fraction of sp³-hybridized carbons (Fsp3) is 0.0278. The van der Waals surface area contributed by atoms with E-state index < -0.39 is 0 Å². The number of carbonyl (C=O) groups excluding carboxylic acids is 1. The Morgan fingerprint density at radius 1 is 0.714 bits per heavy atom. The SMILES string of the molecule is O=C(N/N=C\c1ccc(N(c2ccccc2)c2ccccc2)cc1)c1ccc(COc2cccc3cccnc23)cc1. The third-order valence-electron chi connectivity index (χ3n) is 6.77. The first-order chi connectivity index (χ1) is 20.7. The van der Waals surface area contributed by atoms with Crippen LogP contribution in [-0.2, 0) is 6.61 Å². The van der Waals surface area contributed by atoms with Crippen molar-refractivity contribution in [3.63, 3.8) is 0 Å². The average Bonchev–Trinajstić information content (AvgIpc) is 3.06. The molecule has 0 aliphatic carbocycles. The van der Waals surface area contributed by atoms with Crippen LogP contribution in [0.25, 0.3) is 10.9 Å². The van der Waals surface area contributed by atoms with Crippen LogP contribution in [0.15, 0.2) is 151 Å². The summed E-state index contributed by atoms with van der Waals surface area (Å²) in [7, 11) is 0. The van der Waals surface area contributed by atoms with E-state index in [0.717, 1.165) is 44.8 Å². The van der Waals surface area contributed by atoms with Crippen molar-refractivity contribution in [2.45, 2.75) is 6.61 Å². The minimum atomic E-state index is -0.284. The molecule has 0 spiro atoms. The van der Waals surface area contributed by atoms with E-state index in [9.17, 15) is 4.79 Å². The number of nitrogens with zero attached hydrogens (tertiary/aromatic N) is 3. The third-order valence-corrected chi connectivity index (χ3v) is 6.77. The number of benzene rings is 5. The van der Waals surface area contributed by atoms with E-state index in [1.165, 1.54) is 0 Å². The monoisotopic (exact) mass is 548 g/mol. The Balaban J connectivity index is 1.07. The molecule has 42 heavy (non-hydrogen) atoms. The molecule has 0 fully saturated rings. The van der Waals surface area contributed by atoms with E-state index in [2.05, 4.69) is 44.7 Å². The number of aromatic nitrogens is 1. The maximum absolute atomic E-state index is 12.7. The predicted molar refractivity (Wildman–Crippen MR) is 169 cm³/mol. The molecule has 1 heterocycles. The van der Waals surface area contributed by atoms with Crippen LogP contribution >= 0.6 is 0 Å². The Hall–Kier alpha value is -5.75. The molecule has 0 aliphatic heterocycles. The molecule has 0 unspecified atom stereocenters. The van der Waals surface area contributed by atoms with Crippen LogP contribution in [0.5, 0.6) is 5.75 Å². The Morgan fingerprint density at radius 2 is 1.36 bits per heavy atom. The van der Waals surface area contributed by atoms with Gasteiger partial charge in [0.25, 0.3) is 5.91 Å². The number of anilines is 3. The molecule has 0 saturated carbocycles. The van der Waals surface area contributed by atoms with E-state index in [4.69, 9.17) is 4.74 Å². The molecule has 6 nitrogen and oxygen atoms in total. The van der Waals surface area contributed by atoms with Crippen LogP contribution in [-0.4, -0.2) is 17.1 Å². The lowest BCUT2D eigenvalue weighted by atomic mass is 10.1. The summed E-state index contributed by atoms with van der Waals surface area (Å²) in [6.45, 7) is 0.373. The molecule has 0 atom stereocenters. The lowest BCUT2D eigenvalue weighted by Gasteiger charge is -2.25. The molecule has 0 radical (unpaired) electrons. The number of carbonyl (C=O) groups is 1. The number of rotatable bonds is 9. The number of fused-ring (bicyclic) bond motifs is 1. The second-order valence-electron chi connectivity index (χ2n) is 9.61. The van der Waals surface area contributed by atoms with Gasteiger partial charge >= 0.3 is 0 Å².